The Labute approximate surface area is 133 Å². The van der Waals surface area contributed by atoms with Crippen molar-refractivity contribution < 1.29 is 15.0 Å². The Balaban J connectivity index is 2.43. The second kappa shape index (κ2) is 5.93. The summed E-state index contributed by atoms with van der Waals surface area (Å²) in [6.07, 6.45) is 2.18. The highest BCUT2D eigenvalue weighted by Gasteiger charge is 2.31. The summed E-state index contributed by atoms with van der Waals surface area (Å²) in [6, 6.07) is 0. The van der Waals surface area contributed by atoms with Crippen molar-refractivity contribution in [3.8, 4) is 0 Å². The molecule has 2 rings (SSSR count). The Kier molecular flexibility index (Phi) is 4.58. The van der Waals surface area contributed by atoms with E-state index < -0.39 is 12.1 Å². The molecule has 0 amide bonds. The van der Waals surface area contributed by atoms with Crippen LogP contribution >= 0.6 is 15.9 Å². The molecule has 2 N–H and O–H groups in total. The smallest absolute Gasteiger partial charge is 0.337 e. The van der Waals surface area contributed by atoms with Crippen LogP contribution in [0.1, 0.15) is 44.1 Å². The number of carboxylic acid groups (broad SMARTS) is 1. The number of halogens is 1. The van der Waals surface area contributed by atoms with E-state index in [1.54, 1.807) is 13.1 Å². The Bertz CT molecular complexity index is 550. The monoisotopic (exact) mass is 356 g/mol. The van der Waals surface area contributed by atoms with Crippen LogP contribution in [0.5, 0.6) is 0 Å². The predicted octanol–water partition coefficient (Wildman–Crippen LogP) is 2.90. The van der Waals surface area contributed by atoms with Crippen LogP contribution in [0.4, 0.5) is 5.69 Å². The lowest BCUT2D eigenvalue weighted by Gasteiger charge is -2.39. The maximum atomic E-state index is 11.2. The zero-order chi connectivity index (χ0) is 15.8. The van der Waals surface area contributed by atoms with Gasteiger partial charge in [-0.3, -0.25) is 4.98 Å². The number of aromatic nitrogens is 1. The standard InChI is InChI=1S/C15H21BrN2O3/c1-9-11(13(19)14(20)21)12(10(16)8-17-9)18-6-4-15(2,3)5-7-18/h8,13,19H,4-7H2,1-3H3,(H,20,21)/t13-/m0/s1. The number of aryl methyl sites for hydroxylation is 1. The maximum Gasteiger partial charge on any atom is 0.337 e. The van der Waals surface area contributed by atoms with E-state index in [2.05, 4.69) is 39.7 Å². The lowest BCUT2D eigenvalue weighted by molar-refractivity contribution is -0.147. The fourth-order valence-corrected chi connectivity index (χ4v) is 3.26. The van der Waals surface area contributed by atoms with Crippen molar-refractivity contribution in [1.82, 2.24) is 4.98 Å². The normalized spacial score (nSPS) is 19.4. The van der Waals surface area contributed by atoms with Crippen molar-refractivity contribution in [2.75, 3.05) is 18.0 Å². The third-order valence-corrected chi connectivity index (χ3v) is 4.76. The van der Waals surface area contributed by atoms with E-state index in [0.717, 1.165) is 36.1 Å². The zero-order valence-electron chi connectivity index (χ0n) is 12.6. The molecule has 6 heteroatoms. The van der Waals surface area contributed by atoms with Gasteiger partial charge in [0.25, 0.3) is 0 Å². The summed E-state index contributed by atoms with van der Waals surface area (Å²) in [4.78, 5) is 17.5. The number of hydrogen-bond donors (Lipinski definition) is 2. The number of aliphatic hydroxyl groups is 1. The second-order valence-electron chi connectivity index (χ2n) is 6.35. The van der Waals surface area contributed by atoms with E-state index in [0.29, 0.717) is 16.7 Å². The van der Waals surface area contributed by atoms with Gasteiger partial charge in [-0.25, -0.2) is 4.79 Å². The third kappa shape index (κ3) is 3.37. The molecule has 21 heavy (non-hydrogen) atoms. The van der Waals surface area contributed by atoms with Crippen molar-refractivity contribution >= 4 is 27.6 Å². The van der Waals surface area contributed by atoms with Gasteiger partial charge in [-0.1, -0.05) is 13.8 Å². The topological polar surface area (TPSA) is 73.7 Å². The Morgan fingerprint density at radius 3 is 2.52 bits per heavy atom. The summed E-state index contributed by atoms with van der Waals surface area (Å²) in [5.41, 5.74) is 1.99. The first-order valence-electron chi connectivity index (χ1n) is 7.04. The van der Waals surface area contributed by atoms with Gasteiger partial charge in [-0.15, -0.1) is 0 Å². The fraction of sp³-hybridized carbons (Fsp3) is 0.600. The van der Waals surface area contributed by atoms with Gasteiger partial charge in [0.05, 0.1) is 10.2 Å². The summed E-state index contributed by atoms with van der Waals surface area (Å²) in [5, 5.41) is 19.2. The van der Waals surface area contributed by atoms with Crippen LogP contribution in [0.2, 0.25) is 0 Å². The highest BCUT2D eigenvalue weighted by molar-refractivity contribution is 9.10. The minimum absolute atomic E-state index is 0.302. The second-order valence-corrected chi connectivity index (χ2v) is 7.20. The molecule has 1 aromatic rings. The van der Waals surface area contributed by atoms with Gasteiger partial charge in [0.1, 0.15) is 0 Å². The number of carbonyl (C=O) groups is 1. The fourth-order valence-electron chi connectivity index (χ4n) is 2.69. The molecular formula is C15H21BrN2O3. The Morgan fingerprint density at radius 2 is 2.00 bits per heavy atom. The van der Waals surface area contributed by atoms with Crippen LogP contribution in [0.15, 0.2) is 10.7 Å². The molecular weight excluding hydrogens is 336 g/mol. The van der Waals surface area contributed by atoms with Gasteiger partial charge in [0.15, 0.2) is 6.10 Å². The van der Waals surface area contributed by atoms with Crippen molar-refractivity contribution in [3.63, 3.8) is 0 Å². The van der Waals surface area contributed by atoms with E-state index in [1.807, 2.05) is 0 Å². The van der Waals surface area contributed by atoms with Crippen LogP contribution in [0, 0.1) is 12.3 Å². The molecule has 1 aliphatic rings. The molecule has 2 heterocycles. The number of pyridine rings is 1. The molecule has 1 fully saturated rings. The zero-order valence-corrected chi connectivity index (χ0v) is 14.1. The first kappa shape index (κ1) is 16.2. The van der Waals surface area contributed by atoms with E-state index >= 15 is 0 Å². The first-order valence-corrected chi connectivity index (χ1v) is 7.83. The van der Waals surface area contributed by atoms with Gasteiger partial charge >= 0.3 is 5.97 Å². The molecule has 116 valence electrons. The summed E-state index contributed by atoms with van der Waals surface area (Å²) >= 11 is 3.45. The van der Waals surface area contributed by atoms with E-state index in [-0.39, 0.29) is 0 Å². The van der Waals surface area contributed by atoms with Crippen LogP contribution < -0.4 is 4.90 Å². The first-order chi connectivity index (χ1) is 9.73. The lowest BCUT2D eigenvalue weighted by Crippen LogP contribution is -2.38. The van der Waals surface area contributed by atoms with Gasteiger partial charge in [-0.2, -0.15) is 0 Å². The summed E-state index contributed by atoms with van der Waals surface area (Å²) in [6.45, 7) is 7.89. The largest absolute Gasteiger partial charge is 0.479 e. The number of aliphatic hydroxyl groups excluding tert-OH is 1. The van der Waals surface area contributed by atoms with E-state index in [4.69, 9.17) is 5.11 Å². The summed E-state index contributed by atoms with van der Waals surface area (Å²) in [5.74, 6) is -1.25. The van der Waals surface area contributed by atoms with Gasteiger partial charge in [0.2, 0.25) is 0 Å². The molecule has 1 aliphatic heterocycles. The van der Waals surface area contributed by atoms with Gasteiger partial charge in [0, 0.05) is 30.5 Å². The van der Waals surface area contributed by atoms with Crippen LogP contribution in [0.25, 0.3) is 0 Å². The molecule has 0 spiro atoms. The highest BCUT2D eigenvalue weighted by Crippen LogP contribution is 2.39. The van der Waals surface area contributed by atoms with Gasteiger partial charge in [-0.05, 0) is 41.1 Å². The number of carboxylic acids is 1. The molecule has 1 atom stereocenters. The van der Waals surface area contributed by atoms with E-state index in [1.165, 1.54) is 0 Å². The molecule has 0 unspecified atom stereocenters. The molecule has 0 radical (unpaired) electrons. The molecule has 5 nitrogen and oxygen atoms in total. The molecule has 0 saturated carbocycles. The molecule has 0 aromatic carbocycles. The van der Waals surface area contributed by atoms with Crippen molar-refractivity contribution in [1.29, 1.82) is 0 Å². The molecule has 0 bridgehead atoms. The Morgan fingerprint density at radius 1 is 1.43 bits per heavy atom. The lowest BCUT2D eigenvalue weighted by atomic mass is 9.82. The number of aliphatic carboxylic acids is 1. The Hall–Kier alpha value is -1.14. The predicted molar refractivity (Wildman–Crippen MR) is 84.5 cm³/mol. The summed E-state index contributed by atoms with van der Waals surface area (Å²) < 4.78 is 0.725. The molecule has 1 saturated heterocycles. The number of anilines is 1. The number of rotatable bonds is 3. The van der Waals surface area contributed by atoms with Crippen molar-refractivity contribution in [3.05, 3.63) is 21.9 Å². The van der Waals surface area contributed by atoms with Crippen LogP contribution in [0.3, 0.4) is 0 Å². The van der Waals surface area contributed by atoms with Crippen molar-refractivity contribution in [2.45, 2.75) is 39.7 Å². The number of hydrogen-bond acceptors (Lipinski definition) is 4. The summed E-state index contributed by atoms with van der Waals surface area (Å²) in [7, 11) is 0. The third-order valence-electron chi connectivity index (χ3n) is 4.18. The molecule has 0 aliphatic carbocycles. The quantitative estimate of drug-likeness (QED) is 0.870. The maximum absolute atomic E-state index is 11.2. The van der Waals surface area contributed by atoms with Crippen LogP contribution in [-0.2, 0) is 4.79 Å². The van der Waals surface area contributed by atoms with Crippen LogP contribution in [-0.4, -0.2) is 34.3 Å². The minimum atomic E-state index is -1.56. The number of nitrogens with zero attached hydrogens (tertiary/aromatic N) is 2. The average Bonchev–Trinajstić information content (AvgIpc) is 2.41. The SMILES string of the molecule is Cc1ncc(Br)c(N2CCC(C)(C)CC2)c1[C@H](O)C(=O)O. The highest BCUT2D eigenvalue weighted by atomic mass is 79.9. The van der Waals surface area contributed by atoms with Gasteiger partial charge < -0.3 is 15.1 Å². The number of piperidine rings is 1. The van der Waals surface area contributed by atoms with E-state index in [9.17, 15) is 9.90 Å². The van der Waals surface area contributed by atoms with Crippen molar-refractivity contribution in [2.24, 2.45) is 5.41 Å². The molecule has 1 aromatic heterocycles. The minimum Gasteiger partial charge on any atom is -0.479 e. The average molecular weight is 357 g/mol.